The molecule has 6 rings (SSSR count). The Morgan fingerprint density at radius 2 is 1.39 bits per heavy atom. The van der Waals surface area contributed by atoms with Crippen molar-refractivity contribution < 1.29 is 20.1 Å². The van der Waals surface area contributed by atoms with Gasteiger partial charge in [-0.3, -0.25) is 4.98 Å². The molecular formula is C34H27IrN3-2. The van der Waals surface area contributed by atoms with Crippen molar-refractivity contribution in [2.24, 2.45) is 0 Å². The summed E-state index contributed by atoms with van der Waals surface area (Å²) in [6.45, 7) is 6.22. The molecule has 0 unspecified atom stereocenters. The van der Waals surface area contributed by atoms with Gasteiger partial charge in [0.15, 0.2) is 0 Å². The van der Waals surface area contributed by atoms with E-state index < -0.39 is 0 Å². The monoisotopic (exact) mass is 670 g/mol. The molecule has 3 nitrogen and oxygen atoms in total. The van der Waals surface area contributed by atoms with E-state index in [2.05, 4.69) is 83.4 Å². The fraction of sp³-hybridized carbons (Fsp3) is 0.0882. The van der Waals surface area contributed by atoms with E-state index in [0.717, 1.165) is 39.2 Å². The summed E-state index contributed by atoms with van der Waals surface area (Å²) in [5.74, 6) is 0. The van der Waals surface area contributed by atoms with Crippen LogP contribution in [0.4, 0.5) is 0 Å². The smallest absolute Gasteiger partial charge is 0.0597 e. The van der Waals surface area contributed by atoms with Crippen LogP contribution in [0.5, 0.6) is 0 Å². The summed E-state index contributed by atoms with van der Waals surface area (Å²) >= 11 is 0. The number of benzene rings is 3. The van der Waals surface area contributed by atoms with Crippen LogP contribution in [0.3, 0.4) is 0 Å². The third-order valence-electron chi connectivity index (χ3n) is 6.29. The number of pyridine rings is 3. The van der Waals surface area contributed by atoms with Gasteiger partial charge in [0.05, 0.1) is 5.69 Å². The van der Waals surface area contributed by atoms with E-state index >= 15 is 0 Å². The van der Waals surface area contributed by atoms with Crippen molar-refractivity contribution in [2.45, 2.75) is 20.8 Å². The molecule has 0 aliphatic heterocycles. The van der Waals surface area contributed by atoms with E-state index in [-0.39, 0.29) is 20.1 Å². The first-order chi connectivity index (χ1) is 18.1. The molecule has 1 radical (unpaired) electrons. The Morgan fingerprint density at radius 3 is 2.16 bits per heavy atom. The Bertz CT molecular complexity index is 1640. The van der Waals surface area contributed by atoms with Crippen molar-refractivity contribution >= 4 is 10.8 Å². The fourth-order valence-electron chi connectivity index (χ4n) is 4.06. The van der Waals surface area contributed by atoms with E-state index in [1.165, 1.54) is 22.1 Å². The van der Waals surface area contributed by atoms with E-state index in [4.69, 9.17) is 0 Å². The van der Waals surface area contributed by atoms with Crippen molar-refractivity contribution in [3.8, 4) is 33.8 Å². The number of hydrogen-bond donors (Lipinski definition) is 0. The van der Waals surface area contributed by atoms with Gasteiger partial charge in [-0.15, -0.1) is 65.7 Å². The van der Waals surface area contributed by atoms with Crippen molar-refractivity contribution in [3.63, 3.8) is 0 Å². The predicted molar refractivity (Wildman–Crippen MR) is 152 cm³/mol. The van der Waals surface area contributed by atoms with Crippen LogP contribution >= 0.6 is 0 Å². The van der Waals surface area contributed by atoms with Crippen molar-refractivity contribution in [1.82, 2.24) is 15.0 Å². The zero-order valence-corrected chi connectivity index (χ0v) is 24.0. The number of rotatable bonds is 3. The van der Waals surface area contributed by atoms with E-state index in [0.29, 0.717) is 0 Å². The fourth-order valence-corrected chi connectivity index (χ4v) is 4.06. The summed E-state index contributed by atoms with van der Waals surface area (Å²) in [6.07, 6.45) is 5.65. The maximum Gasteiger partial charge on any atom is 0.0597 e. The zero-order chi connectivity index (χ0) is 25.6. The van der Waals surface area contributed by atoms with Crippen LogP contribution in [0.15, 0.2) is 110 Å². The summed E-state index contributed by atoms with van der Waals surface area (Å²) in [5, 5.41) is 2.35. The molecule has 3 aromatic carbocycles. The molecule has 0 atom stereocenters. The van der Waals surface area contributed by atoms with Crippen LogP contribution in [-0.4, -0.2) is 15.0 Å². The minimum absolute atomic E-state index is 0. The molecule has 0 saturated carbocycles. The van der Waals surface area contributed by atoms with Crippen molar-refractivity contribution in [1.29, 1.82) is 0 Å². The average Bonchev–Trinajstić information content (AvgIpc) is 2.95. The Hall–Kier alpha value is -3.98. The largest absolute Gasteiger partial charge is 0.304 e. The summed E-state index contributed by atoms with van der Waals surface area (Å²) in [6, 6.07) is 37.0. The van der Waals surface area contributed by atoms with Crippen LogP contribution in [0, 0.1) is 32.9 Å². The normalized spacial score (nSPS) is 10.3. The Morgan fingerprint density at radius 1 is 0.605 bits per heavy atom. The molecule has 6 aromatic rings. The van der Waals surface area contributed by atoms with E-state index in [1.807, 2.05) is 74.0 Å². The summed E-state index contributed by atoms with van der Waals surface area (Å²) in [4.78, 5) is 13.5. The molecule has 0 saturated heterocycles. The molecular weight excluding hydrogens is 643 g/mol. The number of aromatic nitrogens is 3. The van der Waals surface area contributed by atoms with Crippen molar-refractivity contribution in [2.75, 3.05) is 0 Å². The molecule has 0 bridgehead atoms. The van der Waals surface area contributed by atoms with Gasteiger partial charge in [-0.2, -0.15) is 0 Å². The number of hydrogen-bond acceptors (Lipinski definition) is 3. The molecule has 4 heteroatoms. The van der Waals surface area contributed by atoms with Gasteiger partial charge in [0.1, 0.15) is 0 Å². The molecule has 0 aliphatic carbocycles. The second-order valence-electron chi connectivity index (χ2n) is 9.02. The summed E-state index contributed by atoms with van der Waals surface area (Å²) in [5.41, 5.74) is 9.65. The van der Waals surface area contributed by atoms with Gasteiger partial charge in [-0.1, -0.05) is 53.6 Å². The first-order valence-electron chi connectivity index (χ1n) is 12.3. The van der Waals surface area contributed by atoms with Crippen LogP contribution < -0.4 is 0 Å². The number of fused-ring (bicyclic) bond motifs is 1. The van der Waals surface area contributed by atoms with Gasteiger partial charge in [0.25, 0.3) is 0 Å². The zero-order valence-electron chi connectivity index (χ0n) is 21.6. The third-order valence-corrected chi connectivity index (χ3v) is 6.29. The topological polar surface area (TPSA) is 38.7 Å². The second-order valence-corrected chi connectivity index (χ2v) is 9.02. The molecule has 0 amide bonds. The van der Waals surface area contributed by atoms with Gasteiger partial charge in [0.2, 0.25) is 0 Å². The van der Waals surface area contributed by atoms with Crippen LogP contribution in [0.1, 0.15) is 16.7 Å². The first kappa shape index (κ1) is 27.1. The molecule has 38 heavy (non-hydrogen) atoms. The maximum atomic E-state index is 4.61. The maximum absolute atomic E-state index is 4.61. The van der Waals surface area contributed by atoms with Gasteiger partial charge in [-0.05, 0) is 54.7 Å². The molecule has 3 heterocycles. The number of aryl methyl sites for hydroxylation is 3. The standard InChI is InChI=1S/C22H17N2.C12H10N.Ir/c1-15-12-21(24-14-16(15)2)18-7-5-8-19(13-18)22-20-9-4-3-6-17(20)10-11-23-22;1-10-7-8-12(13-9-10)11-5-3-2-4-6-11;/h3-6,8-14H,1-2H3;2-5,7-9H,1H3;/q2*-1;. The molecule has 3 aromatic heterocycles. The summed E-state index contributed by atoms with van der Waals surface area (Å²) < 4.78 is 0. The SMILES string of the molecule is Cc1ccc(-c2[c-]cccc2)nc1.Cc1cnc(-c2[c-]ccc(-c3nccc4ccccc34)c2)cc1C.[Ir]. The Balaban J connectivity index is 0.000000204. The second kappa shape index (κ2) is 12.5. The minimum Gasteiger partial charge on any atom is -0.304 e. The quantitative estimate of drug-likeness (QED) is 0.178. The van der Waals surface area contributed by atoms with Gasteiger partial charge < -0.3 is 9.97 Å². The minimum atomic E-state index is 0. The Kier molecular flexibility index (Phi) is 8.91. The van der Waals surface area contributed by atoms with Crippen molar-refractivity contribution in [3.05, 3.63) is 138 Å². The molecule has 0 aliphatic rings. The summed E-state index contributed by atoms with van der Waals surface area (Å²) in [7, 11) is 0. The molecule has 0 spiro atoms. The van der Waals surface area contributed by atoms with E-state index in [1.54, 1.807) is 0 Å². The van der Waals surface area contributed by atoms with Gasteiger partial charge >= 0.3 is 0 Å². The molecule has 189 valence electrons. The molecule has 0 N–H and O–H groups in total. The van der Waals surface area contributed by atoms with Crippen LogP contribution in [-0.2, 0) is 20.1 Å². The van der Waals surface area contributed by atoms with E-state index in [9.17, 15) is 0 Å². The third kappa shape index (κ3) is 6.28. The number of nitrogens with zero attached hydrogens (tertiary/aromatic N) is 3. The van der Waals surface area contributed by atoms with Crippen LogP contribution in [0.25, 0.3) is 44.5 Å². The Labute approximate surface area is 238 Å². The van der Waals surface area contributed by atoms with Gasteiger partial charge in [0, 0.05) is 44.1 Å². The molecule has 0 fully saturated rings. The first-order valence-corrected chi connectivity index (χ1v) is 12.3. The van der Waals surface area contributed by atoms with Gasteiger partial charge in [-0.25, -0.2) is 0 Å². The predicted octanol–water partition coefficient (Wildman–Crippen LogP) is 8.24. The van der Waals surface area contributed by atoms with Crippen LogP contribution in [0.2, 0.25) is 0 Å². The average molecular weight is 670 g/mol.